The fourth-order valence-corrected chi connectivity index (χ4v) is 8.22. The SMILES string of the molecule is O=C1c2cccnc2C(=O)N1Cc1ccc(S(=O)(=O)N2CCC[C@@H]3CCCC[C@H]32)s1. The predicted molar refractivity (Wildman–Crippen MR) is 112 cm³/mol. The minimum Gasteiger partial charge on any atom is -0.268 e. The number of aromatic nitrogens is 1. The molecule has 2 aromatic rings. The number of sulfonamides is 1. The number of imide groups is 1. The molecule has 1 saturated heterocycles. The molecule has 2 atom stereocenters. The van der Waals surface area contributed by atoms with Crippen LogP contribution in [0.2, 0.25) is 0 Å². The summed E-state index contributed by atoms with van der Waals surface area (Å²) in [6.07, 6.45) is 7.82. The van der Waals surface area contributed by atoms with Gasteiger partial charge in [0.2, 0.25) is 0 Å². The van der Waals surface area contributed by atoms with Crippen LogP contribution in [0.3, 0.4) is 0 Å². The highest BCUT2D eigenvalue weighted by Crippen LogP contribution is 2.39. The lowest BCUT2D eigenvalue weighted by Gasteiger charge is -2.42. The van der Waals surface area contributed by atoms with Gasteiger partial charge in [-0.25, -0.2) is 8.42 Å². The second kappa shape index (κ2) is 7.55. The number of thiophene rings is 1. The Balaban J connectivity index is 1.37. The van der Waals surface area contributed by atoms with Crippen molar-refractivity contribution < 1.29 is 18.0 Å². The molecule has 2 aromatic heterocycles. The topological polar surface area (TPSA) is 87.6 Å². The van der Waals surface area contributed by atoms with Crippen molar-refractivity contribution in [1.82, 2.24) is 14.2 Å². The Bertz CT molecular complexity index is 1070. The Morgan fingerprint density at radius 1 is 1.03 bits per heavy atom. The summed E-state index contributed by atoms with van der Waals surface area (Å²) in [6, 6.07) is 6.63. The maximum atomic E-state index is 13.4. The van der Waals surface area contributed by atoms with E-state index in [0.29, 0.717) is 27.1 Å². The molecule has 0 unspecified atom stereocenters. The van der Waals surface area contributed by atoms with Gasteiger partial charge in [-0.2, -0.15) is 4.31 Å². The average Bonchev–Trinajstić information content (AvgIpc) is 3.34. The number of carbonyl (C=O) groups excluding carboxylic acids is 2. The fraction of sp³-hybridized carbons (Fsp3) is 0.476. The van der Waals surface area contributed by atoms with Crippen molar-refractivity contribution in [3.63, 3.8) is 0 Å². The van der Waals surface area contributed by atoms with Crippen LogP contribution < -0.4 is 0 Å². The van der Waals surface area contributed by atoms with Gasteiger partial charge >= 0.3 is 0 Å². The van der Waals surface area contributed by atoms with Crippen molar-refractivity contribution in [1.29, 1.82) is 0 Å². The van der Waals surface area contributed by atoms with E-state index in [4.69, 9.17) is 0 Å². The smallest absolute Gasteiger partial charge is 0.268 e. The minimum absolute atomic E-state index is 0.0558. The van der Waals surface area contributed by atoms with E-state index < -0.39 is 15.9 Å². The summed E-state index contributed by atoms with van der Waals surface area (Å²) in [6.45, 7) is 0.626. The number of amides is 2. The molecule has 5 rings (SSSR count). The molecule has 9 heteroatoms. The largest absolute Gasteiger partial charge is 0.280 e. The van der Waals surface area contributed by atoms with Crippen LogP contribution >= 0.6 is 11.3 Å². The van der Waals surface area contributed by atoms with Crippen LogP contribution in [0.1, 0.15) is 64.2 Å². The molecule has 2 fully saturated rings. The average molecular weight is 446 g/mol. The molecule has 7 nitrogen and oxygen atoms in total. The van der Waals surface area contributed by atoms with Gasteiger partial charge in [-0.15, -0.1) is 11.3 Å². The number of nitrogens with zero attached hydrogens (tertiary/aromatic N) is 3. The molecule has 3 aliphatic rings. The molecule has 0 N–H and O–H groups in total. The second-order valence-electron chi connectivity index (χ2n) is 8.19. The van der Waals surface area contributed by atoms with Crippen LogP contribution in [0.15, 0.2) is 34.7 Å². The predicted octanol–water partition coefficient (Wildman–Crippen LogP) is 3.28. The number of carbonyl (C=O) groups is 2. The van der Waals surface area contributed by atoms with Crippen molar-refractivity contribution in [2.75, 3.05) is 6.54 Å². The standard InChI is InChI=1S/C21H23N3O4S2/c25-20-16-7-3-11-22-19(16)21(26)23(20)13-15-9-10-18(29-15)30(27,28)24-12-4-6-14-5-1-2-8-17(14)24/h3,7,9-11,14,17H,1-2,4-6,8,12-13H2/t14-,17+/m0/s1. The Morgan fingerprint density at radius 3 is 2.67 bits per heavy atom. The first-order valence-corrected chi connectivity index (χ1v) is 12.6. The van der Waals surface area contributed by atoms with Crippen molar-refractivity contribution in [2.24, 2.45) is 5.92 Å². The molecular weight excluding hydrogens is 422 g/mol. The first-order chi connectivity index (χ1) is 14.5. The Morgan fingerprint density at radius 2 is 1.83 bits per heavy atom. The van der Waals surface area contributed by atoms with Crippen LogP contribution in [-0.4, -0.2) is 47.0 Å². The molecule has 1 saturated carbocycles. The first kappa shape index (κ1) is 19.8. The highest BCUT2D eigenvalue weighted by molar-refractivity contribution is 7.91. The molecule has 2 aliphatic heterocycles. The van der Waals surface area contributed by atoms with E-state index in [2.05, 4.69) is 4.98 Å². The zero-order valence-corrected chi connectivity index (χ0v) is 18.1. The van der Waals surface area contributed by atoms with Gasteiger partial charge in [0.15, 0.2) is 0 Å². The lowest BCUT2D eigenvalue weighted by molar-refractivity contribution is 0.0642. The van der Waals surface area contributed by atoms with E-state index in [-0.39, 0.29) is 24.2 Å². The lowest BCUT2D eigenvalue weighted by atomic mass is 9.79. The first-order valence-electron chi connectivity index (χ1n) is 10.4. The molecule has 0 radical (unpaired) electrons. The molecule has 0 spiro atoms. The van der Waals surface area contributed by atoms with E-state index in [9.17, 15) is 18.0 Å². The van der Waals surface area contributed by atoms with E-state index in [1.54, 1.807) is 28.6 Å². The normalized spacial score (nSPS) is 24.7. The number of hydrogen-bond acceptors (Lipinski definition) is 6. The summed E-state index contributed by atoms with van der Waals surface area (Å²) in [5, 5.41) is 0. The second-order valence-corrected chi connectivity index (χ2v) is 11.5. The molecule has 1 aliphatic carbocycles. The number of rotatable bonds is 4. The highest BCUT2D eigenvalue weighted by Gasteiger charge is 2.41. The quantitative estimate of drug-likeness (QED) is 0.674. The van der Waals surface area contributed by atoms with E-state index in [0.717, 1.165) is 48.3 Å². The van der Waals surface area contributed by atoms with E-state index in [1.807, 2.05) is 0 Å². The zero-order valence-electron chi connectivity index (χ0n) is 16.5. The molecule has 4 heterocycles. The maximum Gasteiger partial charge on any atom is 0.280 e. The third-order valence-electron chi connectivity index (χ3n) is 6.44. The highest BCUT2D eigenvalue weighted by atomic mass is 32.2. The Labute approximate surface area is 179 Å². The van der Waals surface area contributed by atoms with E-state index in [1.165, 1.54) is 12.6 Å². The summed E-state index contributed by atoms with van der Waals surface area (Å²) < 4.78 is 28.8. The van der Waals surface area contributed by atoms with Gasteiger partial charge in [-0.05, 0) is 55.9 Å². The summed E-state index contributed by atoms with van der Waals surface area (Å²) >= 11 is 1.15. The van der Waals surface area contributed by atoms with Crippen molar-refractivity contribution in [3.05, 3.63) is 46.6 Å². The Kier molecular flexibility index (Phi) is 4.99. The molecular formula is C21H23N3O4S2. The lowest BCUT2D eigenvalue weighted by Crippen LogP contribution is -2.49. The van der Waals surface area contributed by atoms with Crippen LogP contribution in [0.25, 0.3) is 0 Å². The van der Waals surface area contributed by atoms with Crippen LogP contribution in [0, 0.1) is 5.92 Å². The number of hydrogen-bond donors (Lipinski definition) is 0. The molecule has 0 bridgehead atoms. The van der Waals surface area contributed by atoms with Gasteiger partial charge in [0.1, 0.15) is 9.90 Å². The number of piperidine rings is 1. The van der Waals surface area contributed by atoms with Crippen LogP contribution in [-0.2, 0) is 16.6 Å². The van der Waals surface area contributed by atoms with Crippen LogP contribution in [0.5, 0.6) is 0 Å². The fourth-order valence-electron chi connectivity index (χ4n) is 4.99. The van der Waals surface area contributed by atoms with Crippen LogP contribution in [0.4, 0.5) is 0 Å². The summed E-state index contributed by atoms with van der Waals surface area (Å²) in [4.78, 5) is 30.9. The maximum absolute atomic E-state index is 13.4. The van der Waals surface area contributed by atoms with Gasteiger partial charge in [0, 0.05) is 23.7 Å². The minimum atomic E-state index is -3.57. The number of pyridine rings is 1. The molecule has 0 aromatic carbocycles. The van der Waals surface area contributed by atoms with Gasteiger partial charge in [0.25, 0.3) is 21.8 Å². The summed E-state index contributed by atoms with van der Waals surface area (Å²) in [7, 11) is -3.57. The van der Waals surface area contributed by atoms with Crippen molar-refractivity contribution >= 4 is 33.2 Å². The third kappa shape index (κ3) is 3.19. The summed E-state index contributed by atoms with van der Waals surface area (Å²) in [5.41, 5.74) is 0.451. The molecule has 2 amide bonds. The van der Waals surface area contributed by atoms with Gasteiger partial charge < -0.3 is 0 Å². The zero-order chi connectivity index (χ0) is 20.9. The van der Waals surface area contributed by atoms with E-state index >= 15 is 0 Å². The Hall–Kier alpha value is -2.10. The monoisotopic (exact) mass is 445 g/mol. The van der Waals surface area contributed by atoms with Gasteiger partial charge in [-0.3, -0.25) is 19.5 Å². The van der Waals surface area contributed by atoms with Crippen molar-refractivity contribution in [3.8, 4) is 0 Å². The third-order valence-corrected chi connectivity index (χ3v) is 9.90. The van der Waals surface area contributed by atoms with Crippen molar-refractivity contribution in [2.45, 2.75) is 55.3 Å². The van der Waals surface area contributed by atoms with Gasteiger partial charge in [-0.1, -0.05) is 12.8 Å². The number of fused-ring (bicyclic) bond motifs is 2. The van der Waals surface area contributed by atoms with Gasteiger partial charge in [0.05, 0.1) is 12.1 Å². The molecule has 158 valence electrons. The summed E-state index contributed by atoms with van der Waals surface area (Å²) in [5.74, 6) is -0.357. The molecule has 30 heavy (non-hydrogen) atoms.